The zero-order chi connectivity index (χ0) is 15.9. The SMILES string of the molecule is C=C(N=C/C=C(\N)c1cccc(O)c1)Nc1cccc(O)c1. The molecule has 0 amide bonds. The van der Waals surface area contributed by atoms with Gasteiger partial charge in [-0.2, -0.15) is 0 Å². The Bertz CT molecular complexity index is 736. The van der Waals surface area contributed by atoms with Gasteiger partial charge in [0.25, 0.3) is 0 Å². The van der Waals surface area contributed by atoms with Crippen molar-refractivity contribution < 1.29 is 10.2 Å². The first-order chi connectivity index (χ1) is 10.5. The zero-order valence-corrected chi connectivity index (χ0v) is 11.9. The summed E-state index contributed by atoms with van der Waals surface area (Å²) in [5.74, 6) is 0.723. The average molecular weight is 295 g/mol. The molecule has 0 saturated carbocycles. The molecule has 2 rings (SSSR count). The highest BCUT2D eigenvalue weighted by atomic mass is 16.3. The molecule has 0 saturated heterocycles. The van der Waals surface area contributed by atoms with Gasteiger partial charge in [0.15, 0.2) is 0 Å². The predicted octanol–water partition coefficient (Wildman–Crippen LogP) is 3.05. The fourth-order valence-electron chi connectivity index (χ4n) is 1.77. The van der Waals surface area contributed by atoms with Gasteiger partial charge in [-0.05, 0) is 30.3 Å². The molecule has 0 atom stereocenters. The van der Waals surface area contributed by atoms with Crippen LogP contribution in [0.25, 0.3) is 5.70 Å². The van der Waals surface area contributed by atoms with Crippen LogP contribution in [0, 0.1) is 0 Å². The first-order valence-corrected chi connectivity index (χ1v) is 6.59. The van der Waals surface area contributed by atoms with E-state index < -0.39 is 0 Å². The molecule has 112 valence electrons. The number of aliphatic imine (C=N–C) groups is 1. The van der Waals surface area contributed by atoms with Crippen LogP contribution < -0.4 is 11.1 Å². The molecule has 5 N–H and O–H groups in total. The van der Waals surface area contributed by atoms with E-state index >= 15 is 0 Å². The molecule has 2 aromatic carbocycles. The summed E-state index contributed by atoms with van der Waals surface area (Å²) in [5.41, 5.74) is 7.77. The van der Waals surface area contributed by atoms with E-state index in [9.17, 15) is 10.2 Å². The molecule has 0 aliphatic rings. The fraction of sp³-hybridized carbons (Fsp3) is 0. The molecule has 0 radical (unpaired) electrons. The Balaban J connectivity index is 1.99. The summed E-state index contributed by atoms with van der Waals surface area (Å²) in [7, 11) is 0. The van der Waals surface area contributed by atoms with Crippen molar-refractivity contribution in [3.8, 4) is 11.5 Å². The molecule has 2 aromatic rings. The molecule has 5 nitrogen and oxygen atoms in total. The Morgan fingerprint density at radius 3 is 2.45 bits per heavy atom. The van der Waals surface area contributed by atoms with E-state index in [4.69, 9.17) is 5.73 Å². The van der Waals surface area contributed by atoms with Crippen LogP contribution in [0.15, 0.2) is 72.0 Å². The van der Waals surface area contributed by atoms with Gasteiger partial charge in [-0.15, -0.1) is 0 Å². The molecule has 0 aliphatic carbocycles. The maximum Gasteiger partial charge on any atom is 0.122 e. The number of phenols is 2. The van der Waals surface area contributed by atoms with Crippen LogP contribution in [0.2, 0.25) is 0 Å². The van der Waals surface area contributed by atoms with Crippen molar-refractivity contribution in [1.82, 2.24) is 0 Å². The Morgan fingerprint density at radius 2 is 1.77 bits per heavy atom. The highest BCUT2D eigenvalue weighted by Crippen LogP contribution is 2.17. The summed E-state index contributed by atoms with van der Waals surface area (Å²) in [6.07, 6.45) is 3.13. The van der Waals surface area contributed by atoms with Crippen LogP contribution in [0.4, 0.5) is 5.69 Å². The number of benzene rings is 2. The molecular weight excluding hydrogens is 278 g/mol. The van der Waals surface area contributed by atoms with Crippen molar-refractivity contribution in [3.05, 3.63) is 72.6 Å². The molecule has 5 heteroatoms. The Labute approximate surface area is 128 Å². The van der Waals surface area contributed by atoms with Gasteiger partial charge in [0.05, 0.1) is 0 Å². The summed E-state index contributed by atoms with van der Waals surface area (Å²) in [4.78, 5) is 4.11. The lowest BCUT2D eigenvalue weighted by Gasteiger charge is -2.05. The summed E-state index contributed by atoms with van der Waals surface area (Å²) in [6.45, 7) is 3.76. The van der Waals surface area contributed by atoms with E-state index in [1.807, 2.05) is 0 Å². The fourth-order valence-corrected chi connectivity index (χ4v) is 1.77. The van der Waals surface area contributed by atoms with Crippen LogP contribution in [0.3, 0.4) is 0 Å². The molecule has 0 spiro atoms. The lowest BCUT2D eigenvalue weighted by molar-refractivity contribution is 0.475. The van der Waals surface area contributed by atoms with Gasteiger partial charge in [-0.3, -0.25) is 0 Å². The minimum atomic E-state index is 0.153. The number of nitrogens with two attached hydrogens (primary N) is 1. The molecule has 22 heavy (non-hydrogen) atoms. The van der Waals surface area contributed by atoms with Crippen molar-refractivity contribution in [2.45, 2.75) is 0 Å². The molecule has 0 aromatic heterocycles. The molecular formula is C17H17N3O2. The standard InChI is InChI=1S/C17H17N3O2/c1-12(20-14-5-3-7-16(22)11-14)19-9-8-17(18)13-4-2-6-15(21)10-13/h2-11,20-22H,1,18H2/b17-8-,19-9?. The number of nitrogens with one attached hydrogen (secondary N) is 1. The molecule has 0 fully saturated rings. The smallest absolute Gasteiger partial charge is 0.122 e. The van der Waals surface area contributed by atoms with Crippen molar-refractivity contribution in [2.75, 3.05) is 5.32 Å². The topological polar surface area (TPSA) is 90.9 Å². The summed E-state index contributed by atoms with van der Waals surface area (Å²) >= 11 is 0. The average Bonchev–Trinajstić information content (AvgIpc) is 2.47. The first kappa shape index (κ1) is 15.2. The normalized spacial score (nSPS) is 11.5. The van der Waals surface area contributed by atoms with Gasteiger partial charge in [-0.25, -0.2) is 4.99 Å². The molecule has 0 bridgehead atoms. The molecule has 0 aliphatic heterocycles. The zero-order valence-electron chi connectivity index (χ0n) is 11.9. The highest BCUT2D eigenvalue weighted by molar-refractivity contribution is 5.84. The van der Waals surface area contributed by atoms with Gasteiger partial charge >= 0.3 is 0 Å². The summed E-state index contributed by atoms with van der Waals surface area (Å²) in [6, 6.07) is 13.3. The van der Waals surface area contributed by atoms with E-state index in [1.54, 1.807) is 54.6 Å². The third-order valence-electron chi connectivity index (χ3n) is 2.80. The number of nitrogens with zero attached hydrogens (tertiary/aromatic N) is 1. The number of hydrogen-bond donors (Lipinski definition) is 4. The Morgan fingerprint density at radius 1 is 1.09 bits per heavy atom. The largest absolute Gasteiger partial charge is 0.508 e. The van der Waals surface area contributed by atoms with E-state index in [2.05, 4.69) is 16.9 Å². The second-order valence-corrected chi connectivity index (χ2v) is 4.57. The van der Waals surface area contributed by atoms with Gasteiger partial charge < -0.3 is 21.3 Å². The maximum atomic E-state index is 9.40. The van der Waals surface area contributed by atoms with E-state index in [0.29, 0.717) is 22.8 Å². The minimum Gasteiger partial charge on any atom is -0.508 e. The van der Waals surface area contributed by atoms with Crippen LogP contribution in [0.1, 0.15) is 5.56 Å². The second-order valence-electron chi connectivity index (χ2n) is 4.57. The van der Waals surface area contributed by atoms with Crippen molar-refractivity contribution in [2.24, 2.45) is 10.7 Å². The van der Waals surface area contributed by atoms with Crippen LogP contribution >= 0.6 is 0 Å². The third kappa shape index (κ3) is 4.42. The number of allylic oxidation sites excluding steroid dienone is 1. The van der Waals surface area contributed by atoms with E-state index in [-0.39, 0.29) is 11.5 Å². The van der Waals surface area contributed by atoms with Crippen molar-refractivity contribution in [3.63, 3.8) is 0 Å². The highest BCUT2D eigenvalue weighted by Gasteiger charge is 1.97. The van der Waals surface area contributed by atoms with Gasteiger partial charge in [0.1, 0.15) is 17.3 Å². The quantitative estimate of drug-likeness (QED) is 0.638. The van der Waals surface area contributed by atoms with Gasteiger partial charge in [-0.1, -0.05) is 24.8 Å². The van der Waals surface area contributed by atoms with E-state index in [0.717, 1.165) is 0 Å². The Kier molecular flexibility index (Phi) is 4.82. The van der Waals surface area contributed by atoms with Crippen molar-refractivity contribution >= 4 is 17.6 Å². The lowest BCUT2D eigenvalue weighted by Crippen LogP contribution is -1.97. The molecule has 0 heterocycles. The van der Waals surface area contributed by atoms with Crippen LogP contribution in [0.5, 0.6) is 11.5 Å². The van der Waals surface area contributed by atoms with Gasteiger partial charge in [0, 0.05) is 29.2 Å². The summed E-state index contributed by atoms with van der Waals surface area (Å²) in [5, 5.41) is 21.7. The lowest BCUT2D eigenvalue weighted by atomic mass is 10.1. The summed E-state index contributed by atoms with van der Waals surface area (Å²) < 4.78 is 0. The predicted molar refractivity (Wildman–Crippen MR) is 89.6 cm³/mol. The van der Waals surface area contributed by atoms with Crippen LogP contribution in [-0.4, -0.2) is 16.4 Å². The molecule has 0 unspecified atom stereocenters. The number of anilines is 1. The van der Waals surface area contributed by atoms with E-state index in [1.165, 1.54) is 6.21 Å². The van der Waals surface area contributed by atoms with Gasteiger partial charge in [0.2, 0.25) is 0 Å². The van der Waals surface area contributed by atoms with Crippen LogP contribution in [-0.2, 0) is 0 Å². The number of phenolic OH excluding ortho intramolecular Hbond substituents is 2. The monoisotopic (exact) mass is 295 g/mol. The number of rotatable bonds is 5. The maximum absolute atomic E-state index is 9.40. The van der Waals surface area contributed by atoms with Crippen molar-refractivity contribution in [1.29, 1.82) is 0 Å². The minimum absolute atomic E-state index is 0.153. The number of aromatic hydroxyl groups is 2. The third-order valence-corrected chi connectivity index (χ3v) is 2.80. The second kappa shape index (κ2) is 6.99. The first-order valence-electron chi connectivity index (χ1n) is 6.59. The number of hydrogen-bond acceptors (Lipinski definition) is 5. The Hall–Kier alpha value is -3.21.